The Bertz CT molecular complexity index is 563. The van der Waals surface area contributed by atoms with E-state index in [1.165, 1.54) is 50.5 Å². The average molecular weight is 471 g/mol. The highest BCUT2D eigenvalue weighted by Gasteiger charge is 2.19. The Kier molecular flexibility index (Phi) is 8.95. The van der Waals surface area contributed by atoms with Crippen molar-refractivity contribution < 1.29 is 0 Å². The molecule has 26 heavy (non-hydrogen) atoms. The molecule has 1 aromatic rings. The summed E-state index contributed by atoms with van der Waals surface area (Å²) < 4.78 is 0. The summed E-state index contributed by atoms with van der Waals surface area (Å²) in [5.41, 5.74) is 1.26. The molecule has 2 aliphatic rings. The van der Waals surface area contributed by atoms with Crippen LogP contribution in [0, 0.1) is 5.92 Å². The van der Waals surface area contributed by atoms with Crippen molar-refractivity contribution in [3.05, 3.63) is 23.9 Å². The van der Waals surface area contributed by atoms with E-state index in [1.807, 2.05) is 13.2 Å². The van der Waals surface area contributed by atoms with Gasteiger partial charge in [0.15, 0.2) is 5.96 Å². The number of aromatic nitrogens is 1. The number of hydrogen-bond donors (Lipinski definition) is 2. The van der Waals surface area contributed by atoms with Crippen LogP contribution in [0.3, 0.4) is 0 Å². The topological polar surface area (TPSA) is 52.6 Å². The Morgan fingerprint density at radius 1 is 1.19 bits per heavy atom. The fourth-order valence-corrected chi connectivity index (χ4v) is 3.84. The average Bonchev–Trinajstić information content (AvgIpc) is 2.67. The van der Waals surface area contributed by atoms with Crippen molar-refractivity contribution in [3.63, 3.8) is 0 Å². The predicted octanol–water partition coefficient (Wildman–Crippen LogP) is 3.93. The summed E-state index contributed by atoms with van der Waals surface area (Å²) in [5, 5.41) is 7.05. The lowest BCUT2D eigenvalue weighted by atomic mass is 9.87. The first-order chi connectivity index (χ1) is 12.2. The van der Waals surface area contributed by atoms with Crippen LogP contribution in [0.15, 0.2) is 23.3 Å². The van der Waals surface area contributed by atoms with Gasteiger partial charge in [-0.25, -0.2) is 4.98 Å². The van der Waals surface area contributed by atoms with Gasteiger partial charge in [0.2, 0.25) is 0 Å². The third kappa shape index (κ3) is 6.28. The maximum atomic E-state index is 4.56. The maximum Gasteiger partial charge on any atom is 0.191 e. The fraction of sp³-hybridized carbons (Fsp3) is 0.700. The minimum atomic E-state index is 0. The van der Waals surface area contributed by atoms with Gasteiger partial charge in [0.1, 0.15) is 5.82 Å². The van der Waals surface area contributed by atoms with Crippen LogP contribution in [0.5, 0.6) is 0 Å². The molecule has 146 valence electrons. The van der Waals surface area contributed by atoms with Gasteiger partial charge in [0, 0.05) is 38.9 Å². The van der Waals surface area contributed by atoms with E-state index in [1.54, 1.807) is 0 Å². The third-order valence-electron chi connectivity index (χ3n) is 5.53. The van der Waals surface area contributed by atoms with Gasteiger partial charge in [-0.15, -0.1) is 24.0 Å². The Balaban J connectivity index is 0.00000243. The molecule has 0 spiro atoms. The second-order valence-electron chi connectivity index (χ2n) is 7.60. The molecule has 1 aliphatic heterocycles. The lowest BCUT2D eigenvalue weighted by Crippen LogP contribution is -2.44. The zero-order valence-electron chi connectivity index (χ0n) is 16.2. The highest BCUT2D eigenvalue weighted by molar-refractivity contribution is 14.0. The summed E-state index contributed by atoms with van der Waals surface area (Å²) >= 11 is 0. The molecule has 2 heterocycles. The number of anilines is 1. The molecular formula is C20H34IN5. The van der Waals surface area contributed by atoms with Gasteiger partial charge in [0.25, 0.3) is 0 Å². The van der Waals surface area contributed by atoms with Gasteiger partial charge in [-0.05, 0) is 68.6 Å². The smallest absolute Gasteiger partial charge is 0.191 e. The third-order valence-corrected chi connectivity index (χ3v) is 5.53. The van der Waals surface area contributed by atoms with Crippen molar-refractivity contribution in [1.29, 1.82) is 0 Å². The minimum Gasteiger partial charge on any atom is -0.357 e. The minimum absolute atomic E-state index is 0. The summed E-state index contributed by atoms with van der Waals surface area (Å²) in [5.74, 6) is 2.90. The van der Waals surface area contributed by atoms with Crippen LogP contribution in [-0.4, -0.2) is 37.1 Å². The Labute approximate surface area is 175 Å². The molecule has 1 aromatic heterocycles. The summed E-state index contributed by atoms with van der Waals surface area (Å²) in [6, 6.07) is 4.87. The fourth-order valence-electron chi connectivity index (χ4n) is 3.84. The first kappa shape index (κ1) is 21.3. The van der Waals surface area contributed by atoms with Gasteiger partial charge >= 0.3 is 0 Å². The number of halogens is 1. The van der Waals surface area contributed by atoms with E-state index in [4.69, 9.17) is 0 Å². The van der Waals surface area contributed by atoms with E-state index in [9.17, 15) is 0 Å². The zero-order chi connectivity index (χ0) is 17.5. The molecule has 1 aliphatic carbocycles. The second kappa shape index (κ2) is 10.9. The van der Waals surface area contributed by atoms with E-state index in [-0.39, 0.29) is 24.0 Å². The quantitative estimate of drug-likeness (QED) is 0.397. The van der Waals surface area contributed by atoms with Crippen LogP contribution in [0.1, 0.15) is 57.4 Å². The molecule has 6 heteroatoms. The summed E-state index contributed by atoms with van der Waals surface area (Å²) in [7, 11) is 1.85. The molecule has 0 aromatic carbocycles. The molecule has 1 saturated carbocycles. The SMILES string of the molecule is CN=C(NCc1ccnc(N2CCCCC2)c1)NC1CCC(C)CC1.I. The van der Waals surface area contributed by atoms with Crippen LogP contribution in [-0.2, 0) is 6.54 Å². The Hall–Kier alpha value is -1.05. The number of nitrogens with zero attached hydrogens (tertiary/aromatic N) is 3. The van der Waals surface area contributed by atoms with Gasteiger partial charge in [-0.2, -0.15) is 0 Å². The van der Waals surface area contributed by atoms with Crippen LogP contribution in [0.2, 0.25) is 0 Å². The molecule has 2 N–H and O–H groups in total. The normalized spacial score (nSPS) is 23.9. The van der Waals surface area contributed by atoms with Gasteiger partial charge in [-0.3, -0.25) is 4.99 Å². The summed E-state index contributed by atoms with van der Waals surface area (Å²) in [6.07, 6.45) is 11.0. The molecule has 0 amide bonds. The number of guanidine groups is 1. The highest BCUT2D eigenvalue weighted by Crippen LogP contribution is 2.23. The van der Waals surface area contributed by atoms with E-state index in [0.717, 1.165) is 37.3 Å². The number of rotatable bonds is 4. The molecule has 3 rings (SSSR count). The van der Waals surface area contributed by atoms with Crippen LogP contribution >= 0.6 is 24.0 Å². The number of hydrogen-bond acceptors (Lipinski definition) is 3. The predicted molar refractivity (Wildman–Crippen MR) is 120 cm³/mol. The van der Waals surface area contributed by atoms with E-state index in [0.29, 0.717) is 6.04 Å². The van der Waals surface area contributed by atoms with Gasteiger partial charge in [-0.1, -0.05) is 6.92 Å². The van der Waals surface area contributed by atoms with Gasteiger partial charge < -0.3 is 15.5 Å². The van der Waals surface area contributed by atoms with Crippen LogP contribution in [0.4, 0.5) is 5.82 Å². The summed E-state index contributed by atoms with van der Waals surface area (Å²) in [6.45, 7) is 5.40. The number of pyridine rings is 1. The molecule has 0 radical (unpaired) electrons. The van der Waals surface area contributed by atoms with E-state index in [2.05, 4.69) is 44.6 Å². The lowest BCUT2D eigenvalue weighted by molar-refractivity contribution is 0.329. The van der Waals surface area contributed by atoms with Crippen LogP contribution < -0.4 is 15.5 Å². The first-order valence-corrected chi connectivity index (χ1v) is 9.91. The van der Waals surface area contributed by atoms with Crippen LogP contribution in [0.25, 0.3) is 0 Å². The van der Waals surface area contributed by atoms with Crippen molar-refractivity contribution in [3.8, 4) is 0 Å². The van der Waals surface area contributed by atoms with Crippen molar-refractivity contribution in [2.75, 3.05) is 25.0 Å². The first-order valence-electron chi connectivity index (χ1n) is 9.91. The molecule has 1 saturated heterocycles. The number of aliphatic imine (C=N–C) groups is 1. The maximum absolute atomic E-state index is 4.56. The number of piperidine rings is 1. The molecule has 0 unspecified atom stereocenters. The van der Waals surface area contributed by atoms with E-state index >= 15 is 0 Å². The molecule has 5 nitrogen and oxygen atoms in total. The Morgan fingerprint density at radius 2 is 1.92 bits per heavy atom. The van der Waals surface area contributed by atoms with E-state index < -0.39 is 0 Å². The second-order valence-corrected chi connectivity index (χ2v) is 7.60. The van der Waals surface area contributed by atoms with Crippen molar-refractivity contribution >= 4 is 35.8 Å². The van der Waals surface area contributed by atoms with Crippen molar-refractivity contribution in [2.24, 2.45) is 10.9 Å². The molecule has 2 fully saturated rings. The number of nitrogens with one attached hydrogen (secondary N) is 2. The molecular weight excluding hydrogens is 437 g/mol. The largest absolute Gasteiger partial charge is 0.357 e. The highest BCUT2D eigenvalue weighted by atomic mass is 127. The monoisotopic (exact) mass is 471 g/mol. The van der Waals surface area contributed by atoms with Crippen molar-refractivity contribution in [1.82, 2.24) is 15.6 Å². The zero-order valence-corrected chi connectivity index (χ0v) is 18.5. The summed E-state index contributed by atoms with van der Waals surface area (Å²) in [4.78, 5) is 11.4. The molecule has 0 atom stereocenters. The Morgan fingerprint density at radius 3 is 2.62 bits per heavy atom. The molecule has 0 bridgehead atoms. The van der Waals surface area contributed by atoms with Gasteiger partial charge in [0.05, 0.1) is 0 Å². The van der Waals surface area contributed by atoms with Crippen molar-refractivity contribution in [2.45, 2.75) is 64.5 Å². The standard InChI is InChI=1S/C20H33N5.HI/c1-16-6-8-18(9-7-16)24-20(21-2)23-15-17-10-11-22-19(14-17)25-12-4-3-5-13-25;/h10-11,14,16,18H,3-9,12-13,15H2,1-2H3,(H2,21,23,24);1H. The lowest BCUT2D eigenvalue weighted by Gasteiger charge is -2.29.